The third-order valence-corrected chi connectivity index (χ3v) is 20.9. The van der Waals surface area contributed by atoms with Gasteiger partial charge in [-0.2, -0.15) is 0 Å². The van der Waals surface area contributed by atoms with Crippen molar-refractivity contribution >= 4 is 27.6 Å². The summed E-state index contributed by atoms with van der Waals surface area (Å²) in [6.45, 7) is 19.1. The number of hydrogen-bond acceptors (Lipinski definition) is 12. The number of carbonyl (C=O) groups excluding carboxylic acids is 1. The number of unbranched alkanes of at least 4 members (excludes halogenated alkanes) is 18. The first-order valence-electron chi connectivity index (χ1n) is 41.5. The molecule has 101 heavy (non-hydrogen) atoms. The zero-order valence-electron chi connectivity index (χ0n) is 65.5. The molecule has 0 bridgehead atoms. The first-order valence-corrected chi connectivity index (χ1v) is 44.0. The number of aliphatic hydroxyl groups excluding tert-OH is 4. The van der Waals surface area contributed by atoms with Gasteiger partial charge in [0.25, 0.3) is 0 Å². The van der Waals surface area contributed by atoms with Gasteiger partial charge in [-0.25, -0.2) is 0 Å². The van der Waals surface area contributed by atoms with Crippen LogP contribution in [0.1, 0.15) is 291 Å². The lowest BCUT2D eigenvalue weighted by Gasteiger charge is -2.34. The Balaban J connectivity index is 2.46. The number of ether oxygens (including phenoxy) is 1. The Kier molecular flexibility index (Phi) is 73.8. The Bertz CT molecular complexity index is 2050. The van der Waals surface area contributed by atoms with Crippen LogP contribution in [0.2, 0.25) is 0 Å². The molecule has 1 heterocycles. The molecule has 0 spiro atoms. The van der Waals surface area contributed by atoms with E-state index in [1.165, 1.54) is 51.4 Å². The van der Waals surface area contributed by atoms with Crippen molar-refractivity contribution < 1.29 is 30.0 Å². The smallest absolute Gasteiger partial charge is 0.305 e. The van der Waals surface area contributed by atoms with E-state index in [1.54, 1.807) is 0 Å². The van der Waals surface area contributed by atoms with E-state index in [4.69, 9.17) is 4.74 Å². The number of nitrogens with zero attached hydrogens (tertiary/aromatic N) is 4. The third-order valence-electron chi connectivity index (χ3n) is 18.4. The Morgan fingerprint density at radius 3 is 0.941 bits per heavy atom. The quantitative estimate of drug-likeness (QED) is 0.0201. The second-order valence-corrected chi connectivity index (χ2v) is 30.7. The predicted molar refractivity (Wildman–Crippen MR) is 447 cm³/mol. The van der Waals surface area contributed by atoms with Crippen LogP contribution >= 0.6 is 21.6 Å². The summed E-state index contributed by atoms with van der Waals surface area (Å²) in [7, 11) is 3.97. The van der Waals surface area contributed by atoms with Gasteiger partial charge in [0.1, 0.15) is 6.61 Å². The summed E-state index contributed by atoms with van der Waals surface area (Å²) in [6.07, 6.45) is 95.0. The third kappa shape index (κ3) is 70.8. The lowest BCUT2D eigenvalue weighted by atomic mass is 10.1. The number of rotatable bonds is 73. The first kappa shape index (κ1) is 95.7. The summed E-state index contributed by atoms with van der Waals surface area (Å²) in [4.78, 5) is 22.5. The van der Waals surface area contributed by atoms with Crippen LogP contribution < -0.4 is 0 Å². The molecule has 4 unspecified atom stereocenters. The van der Waals surface area contributed by atoms with E-state index in [2.05, 4.69) is 193 Å². The normalized spacial score (nSPS) is 15.4. The van der Waals surface area contributed by atoms with Gasteiger partial charge in [0, 0.05) is 83.4 Å². The van der Waals surface area contributed by atoms with Crippen molar-refractivity contribution in [3.8, 4) is 0 Å². The number of esters is 1. The molecular weight excluding hydrogens is 1290 g/mol. The van der Waals surface area contributed by atoms with E-state index < -0.39 is 12.2 Å². The minimum atomic E-state index is -0.424. The molecule has 580 valence electrons. The number of allylic oxidation sites excluding steroid dienone is 24. The average molecular weight is 1440 g/mol. The fraction of sp³-hybridized carbons (Fsp3) is 0.719. The fourth-order valence-corrected chi connectivity index (χ4v) is 14.5. The largest absolute Gasteiger partial charge is 0.464 e. The molecule has 0 amide bonds. The molecule has 0 aromatic rings. The Labute approximate surface area is 631 Å². The van der Waals surface area contributed by atoms with Crippen LogP contribution in [-0.2, 0) is 9.53 Å². The minimum absolute atomic E-state index is 0.131. The highest BCUT2D eigenvalue weighted by molar-refractivity contribution is 8.76. The van der Waals surface area contributed by atoms with Crippen molar-refractivity contribution in [1.29, 1.82) is 0 Å². The molecule has 0 aliphatic carbocycles. The molecule has 1 aliphatic heterocycles. The van der Waals surface area contributed by atoms with E-state index in [9.17, 15) is 25.2 Å². The summed E-state index contributed by atoms with van der Waals surface area (Å²) in [5.41, 5.74) is 0. The fourth-order valence-electron chi connectivity index (χ4n) is 12.3. The number of carbonyl (C=O) groups is 1. The first-order chi connectivity index (χ1) is 49.7. The van der Waals surface area contributed by atoms with E-state index in [1.807, 2.05) is 21.6 Å². The summed E-state index contributed by atoms with van der Waals surface area (Å²) < 4.78 is 5.75. The SMILES string of the molecule is CC/C=C\C/C=C\C/C=C\CCCCCCC(O)CN(CCCCSSCCN1CCN(CCOC(=O)CCCCN(CC(O)CCCCCC/C=C\C/C=C\C/C=C\CC)CC(O)CCCCCC/C=C\C/C=C\C/C=C\CC)CC1)CC(O)CCCCCC/C=C\C/C=C\C/C=C\CC. The van der Waals surface area contributed by atoms with E-state index in [0.717, 1.165) is 269 Å². The molecule has 10 nitrogen and oxygen atoms in total. The van der Waals surface area contributed by atoms with Crippen molar-refractivity contribution in [2.24, 2.45) is 0 Å². The Hall–Kier alpha value is -3.27. The van der Waals surface area contributed by atoms with Crippen LogP contribution in [0.4, 0.5) is 0 Å². The molecule has 4 N–H and O–H groups in total. The Morgan fingerprint density at radius 2 is 0.614 bits per heavy atom. The van der Waals surface area contributed by atoms with Crippen LogP contribution in [-0.4, -0.2) is 167 Å². The second-order valence-electron chi connectivity index (χ2n) is 28.0. The molecule has 1 rings (SSSR count). The van der Waals surface area contributed by atoms with Crippen molar-refractivity contribution in [2.45, 2.75) is 315 Å². The molecule has 0 aromatic carbocycles. The van der Waals surface area contributed by atoms with Crippen molar-refractivity contribution in [1.82, 2.24) is 19.6 Å². The number of hydrogen-bond donors (Lipinski definition) is 4. The van der Waals surface area contributed by atoms with Crippen LogP contribution in [0.5, 0.6) is 0 Å². The van der Waals surface area contributed by atoms with Crippen molar-refractivity contribution in [3.63, 3.8) is 0 Å². The van der Waals surface area contributed by atoms with Gasteiger partial charge in [-0.3, -0.25) is 24.4 Å². The molecule has 1 aliphatic rings. The average Bonchev–Trinajstić information content (AvgIpc) is 1.08. The minimum Gasteiger partial charge on any atom is -0.464 e. The maximum Gasteiger partial charge on any atom is 0.305 e. The maximum atomic E-state index is 12.9. The van der Waals surface area contributed by atoms with Crippen LogP contribution in [0.25, 0.3) is 0 Å². The van der Waals surface area contributed by atoms with Crippen LogP contribution in [0.3, 0.4) is 0 Å². The van der Waals surface area contributed by atoms with Crippen LogP contribution in [0.15, 0.2) is 146 Å². The maximum absolute atomic E-state index is 12.9. The molecule has 1 saturated heterocycles. The second kappa shape index (κ2) is 77.8. The molecule has 0 radical (unpaired) electrons. The van der Waals surface area contributed by atoms with Crippen molar-refractivity contribution in [2.75, 3.05) is 96.6 Å². The highest BCUT2D eigenvalue weighted by Crippen LogP contribution is 2.24. The molecule has 1 fully saturated rings. The van der Waals surface area contributed by atoms with Gasteiger partial charge in [-0.05, 0) is 193 Å². The van der Waals surface area contributed by atoms with Gasteiger partial charge in [-0.15, -0.1) is 0 Å². The highest BCUT2D eigenvalue weighted by Gasteiger charge is 2.20. The molecular formula is C89H156N4O6S2. The van der Waals surface area contributed by atoms with Gasteiger partial charge in [0.15, 0.2) is 0 Å². The van der Waals surface area contributed by atoms with Gasteiger partial charge in [0.05, 0.1) is 24.4 Å². The van der Waals surface area contributed by atoms with Gasteiger partial charge in [0.2, 0.25) is 0 Å². The number of aliphatic hydroxyl groups is 4. The monoisotopic (exact) mass is 1440 g/mol. The predicted octanol–water partition coefficient (Wildman–Crippen LogP) is 22.3. The van der Waals surface area contributed by atoms with Gasteiger partial charge < -0.3 is 25.2 Å². The van der Waals surface area contributed by atoms with Crippen molar-refractivity contribution in [3.05, 3.63) is 146 Å². The van der Waals surface area contributed by atoms with Crippen LogP contribution in [0, 0.1) is 0 Å². The van der Waals surface area contributed by atoms with Gasteiger partial charge >= 0.3 is 5.97 Å². The highest BCUT2D eigenvalue weighted by atomic mass is 33.1. The van der Waals surface area contributed by atoms with E-state index in [0.29, 0.717) is 39.2 Å². The zero-order valence-corrected chi connectivity index (χ0v) is 67.1. The zero-order chi connectivity index (χ0) is 72.9. The lowest BCUT2D eigenvalue weighted by molar-refractivity contribution is -0.144. The lowest BCUT2D eigenvalue weighted by Crippen LogP contribution is -2.47. The summed E-state index contributed by atoms with van der Waals surface area (Å²) >= 11 is 0. The topological polar surface area (TPSA) is 120 Å². The molecule has 4 atom stereocenters. The summed E-state index contributed by atoms with van der Waals surface area (Å²) in [5, 5.41) is 44.8. The van der Waals surface area contributed by atoms with Gasteiger partial charge in [-0.1, -0.05) is 272 Å². The molecule has 0 aromatic heterocycles. The standard InChI is InChI=1S/C89H156N4O6S2/c1-5-9-13-17-21-25-29-33-37-41-45-49-53-57-65-85(94)81-92(82-86(95)66-58-54-50-46-42-38-34-30-26-22-18-14-10-6-2)70-62-61-69-89(98)99-78-76-90-72-74-91(75-73-90)77-80-101-100-79-64-63-71-93(83-87(96)67-59-55-51-47-43-39-35-31-27-23-19-15-11-7-3)84-88(97)68-60-56-52-48-44-40-36-32-28-24-20-16-12-8-4/h9-16,21-28,33-40,85-88,94-97H,5-8,17-20,29-32,41-84H2,1-4H3/b13-9-,14-10-,15-11-,16-12-,25-21-,26-22-,27-23-,28-24-,37-33-,38-34-,39-35-,40-36-. The van der Waals surface area contributed by atoms with E-state index >= 15 is 0 Å². The number of piperazine rings is 1. The van der Waals surface area contributed by atoms with E-state index in [-0.39, 0.29) is 18.2 Å². The Morgan fingerprint density at radius 1 is 0.337 bits per heavy atom. The molecule has 12 heteroatoms. The molecule has 0 saturated carbocycles. The summed E-state index contributed by atoms with van der Waals surface area (Å²) in [5.74, 6) is 2.09. The summed E-state index contributed by atoms with van der Waals surface area (Å²) in [6, 6.07) is 0.